The van der Waals surface area contributed by atoms with Gasteiger partial charge in [-0.25, -0.2) is 8.42 Å². The van der Waals surface area contributed by atoms with Gasteiger partial charge in [0, 0.05) is 6.54 Å². The molecule has 1 heterocycles. The van der Waals surface area contributed by atoms with Crippen LogP contribution in [0.15, 0.2) is 12.1 Å². The normalized spacial score (nSPS) is 24.8. The van der Waals surface area contributed by atoms with Crippen LogP contribution in [0.5, 0.6) is 5.75 Å². The Bertz CT molecular complexity index is 574. The second kappa shape index (κ2) is 5.71. The summed E-state index contributed by atoms with van der Waals surface area (Å²) >= 11 is 0. The number of aryl methyl sites for hydroxylation is 2. The third kappa shape index (κ3) is 3.31. The largest absolute Gasteiger partial charge is 0.486 e. The average Bonchev–Trinajstić information content (AvgIpc) is 2.57. The van der Waals surface area contributed by atoms with Crippen molar-refractivity contribution in [3.8, 4) is 5.75 Å². The summed E-state index contributed by atoms with van der Waals surface area (Å²) in [6.45, 7) is 4.62. The van der Waals surface area contributed by atoms with Crippen LogP contribution in [-0.2, 0) is 16.4 Å². The molecule has 2 unspecified atom stereocenters. The predicted molar refractivity (Wildman–Crippen MR) is 77.8 cm³/mol. The first-order valence-corrected chi connectivity index (χ1v) is 8.44. The molecule has 2 atom stereocenters. The highest BCUT2D eigenvalue weighted by Gasteiger charge is 2.38. The molecule has 5 nitrogen and oxygen atoms in total. The Hall–Kier alpha value is -1.11. The summed E-state index contributed by atoms with van der Waals surface area (Å²) in [5.41, 5.74) is 3.05. The van der Waals surface area contributed by atoms with E-state index < -0.39 is 22.0 Å². The summed E-state index contributed by atoms with van der Waals surface area (Å²) in [7, 11) is -1.31. The molecule has 1 aromatic carbocycles. The number of aliphatic hydroxyl groups excluding tert-OH is 1. The lowest BCUT2D eigenvalue weighted by atomic mass is 10.1. The van der Waals surface area contributed by atoms with Crippen molar-refractivity contribution in [1.82, 2.24) is 5.32 Å². The van der Waals surface area contributed by atoms with Gasteiger partial charge in [-0.1, -0.05) is 12.1 Å². The first-order chi connectivity index (χ1) is 9.32. The van der Waals surface area contributed by atoms with Gasteiger partial charge in [0.15, 0.2) is 9.84 Å². The van der Waals surface area contributed by atoms with Gasteiger partial charge in [0.25, 0.3) is 0 Å². The molecule has 0 radical (unpaired) electrons. The number of ether oxygens (including phenoxy) is 1. The Kier molecular flexibility index (Phi) is 4.36. The van der Waals surface area contributed by atoms with Gasteiger partial charge in [-0.2, -0.15) is 0 Å². The van der Waals surface area contributed by atoms with Crippen LogP contribution < -0.4 is 10.1 Å². The van der Waals surface area contributed by atoms with E-state index >= 15 is 0 Å². The van der Waals surface area contributed by atoms with Gasteiger partial charge in [-0.3, -0.25) is 0 Å². The molecule has 0 saturated carbocycles. The van der Waals surface area contributed by atoms with E-state index in [2.05, 4.69) is 5.32 Å². The zero-order valence-electron chi connectivity index (χ0n) is 12.0. The van der Waals surface area contributed by atoms with Gasteiger partial charge in [0.2, 0.25) is 0 Å². The molecule has 112 valence electrons. The number of sulfone groups is 1. The van der Waals surface area contributed by atoms with Crippen molar-refractivity contribution in [3.05, 3.63) is 28.8 Å². The Balaban J connectivity index is 2.22. The first kappa shape index (κ1) is 15.3. The van der Waals surface area contributed by atoms with Crippen LogP contribution in [0.4, 0.5) is 0 Å². The Morgan fingerprint density at radius 3 is 2.35 bits per heavy atom. The summed E-state index contributed by atoms with van der Waals surface area (Å²) in [5, 5.41) is 12.9. The smallest absolute Gasteiger partial charge is 0.156 e. The second-order valence-electron chi connectivity index (χ2n) is 5.39. The van der Waals surface area contributed by atoms with E-state index in [9.17, 15) is 13.5 Å². The van der Waals surface area contributed by atoms with Crippen LogP contribution >= 0.6 is 0 Å². The molecule has 1 fully saturated rings. The lowest BCUT2D eigenvalue weighted by Gasteiger charge is -2.20. The molecule has 1 saturated heterocycles. The van der Waals surface area contributed by atoms with Gasteiger partial charge in [0.05, 0.1) is 11.5 Å². The minimum atomic E-state index is -3.19. The van der Waals surface area contributed by atoms with Crippen LogP contribution in [-0.4, -0.2) is 44.3 Å². The molecular formula is C14H21NO4S. The van der Waals surface area contributed by atoms with E-state index in [1.54, 1.807) is 0 Å². The summed E-state index contributed by atoms with van der Waals surface area (Å²) in [4.78, 5) is 0. The van der Waals surface area contributed by atoms with Crippen LogP contribution in [0.2, 0.25) is 0 Å². The maximum absolute atomic E-state index is 11.5. The lowest BCUT2D eigenvalue weighted by Crippen LogP contribution is -2.30. The summed E-state index contributed by atoms with van der Waals surface area (Å²) in [6.07, 6.45) is -1.62. The van der Waals surface area contributed by atoms with Crippen molar-refractivity contribution < 1.29 is 18.3 Å². The molecule has 6 heteroatoms. The molecule has 0 aromatic heterocycles. The van der Waals surface area contributed by atoms with Crippen LogP contribution in [0.25, 0.3) is 0 Å². The number of hydrogen-bond donors (Lipinski definition) is 2. The monoisotopic (exact) mass is 299 g/mol. The third-order valence-electron chi connectivity index (χ3n) is 3.44. The van der Waals surface area contributed by atoms with E-state index in [0.717, 1.165) is 23.2 Å². The van der Waals surface area contributed by atoms with Gasteiger partial charge in [-0.15, -0.1) is 0 Å². The summed E-state index contributed by atoms with van der Waals surface area (Å²) in [5.74, 6) is 0.338. The fraction of sp³-hybridized carbons (Fsp3) is 0.571. The summed E-state index contributed by atoms with van der Waals surface area (Å²) in [6, 6.07) is 4.02. The molecule has 0 amide bonds. The molecular weight excluding hydrogens is 278 g/mol. The van der Waals surface area contributed by atoms with E-state index in [0.29, 0.717) is 5.75 Å². The minimum absolute atomic E-state index is 0.120. The van der Waals surface area contributed by atoms with Crippen molar-refractivity contribution in [1.29, 1.82) is 0 Å². The zero-order valence-corrected chi connectivity index (χ0v) is 12.8. The molecule has 0 aliphatic carbocycles. The second-order valence-corrected chi connectivity index (χ2v) is 7.54. The molecule has 2 rings (SSSR count). The fourth-order valence-electron chi connectivity index (χ4n) is 2.59. The fourth-order valence-corrected chi connectivity index (χ4v) is 4.25. The van der Waals surface area contributed by atoms with Gasteiger partial charge < -0.3 is 15.2 Å². The van der Waals surface area contributed by atoms with Crippen molar-refractivity contribution >= 4 is 9.84 Å². The maximum atomic E-state index is 11.5. The molecule has 0 bridgehead atoms. The standard InChI is InChI=1S/C14H21NO4S/c1-9-4-11(6-15-3)5-10(2)14(9)19-13-8-20(17,18)7-12(13)16/h4-5,12-13,15-16H,6-8H2,1-3H3. The molecule has 2 N–H and O–H groups in total. The van der Waals surface area contributed by atoms with E-state index in [4.69, 9.17) is 4.74 Å². The highest BCUT2D eigenvalue weighted by molar-refractivity contribution is 7.91. The quantitative estimate of drug-likeness (QED) is 0.849. The number of aliphatic hydroxyl groups is 1. The molecule has 20 heavy (non-hydrogen) atoms. The van der Waals surface area contributed by atoms with Crippen LogP contribution in [0.3, 0.4) is 0 Å². The number of rotatable bonds is 4. The molecule has 1 aliphatic rings. The van der Waals surface area contributed by atoms with Crippen LogP contribution in [0.1, 0.15) is 16.7 Å². The molecule has 0 spiro atoms. The number of hydrogen-bond acceptors (Lipinski definition) is 5. The predicted octanol–water partition coefficient (Wildman–Crippen LogP) is 0.560. The number of benzene rings is 1. The molecule has 1 aliphatic heterocycles. The van der Waals surface area contributed by atoms with Gasteiger partial charge in [-0.05, 0) is 37.6 Å². The third-order valence-corrected chi connectivity index (χ3v) is 5.13. The highest BCUT2D eigenvalue weighted by Crippen LogP contribution is 2.28. The SMILES string of the molecule is CNCc1cc(C)c(OC2CS(=O)(=O)CC2O)c(C)c1. The van der Waals surface area contributed by atoms with Crippen molar-refractivity contribution in [2.45, 2.75) is 32.6 Å². The number of nitrogens with one attached hydrogen (secondary N) is 1. The Morgan fingerprint density at radius 2 is 1.90 bits per heavy atom. The average molecular weight is 299 g/mol. The van der Waals surface area contributed by atoms with Gasteiger partial charge >= 0.3 is 0 Å². The highest BCUT2D eigenvalue weighted by atomic mass is 32.2. The Labute approximate surface area is 119 Å². The van der Waals surface area contributed by atoms with Gasteiger partial charge in [0.1, 0.15) is 18.0 Å². The first-order valence-electron chi connectivity index (χ1n) is 6.62. The van der Waals surface area contributed by atoms with Crippen molar-refractivity contribution in [2.75, 3.05) is 18.6 Å². The lowest BCUT2D eigenvalue weighted by molar-refractivity contribution is 0.0729. The maximum Gasteiger partial charge on any atom is 0.156 e. The van der Waals surface area contributed by atoms with E-state index in [-0.39, 0.29) is 11.5 Å². The van der Waals surface area contributed by atoms with Crippen molar-refractivity contribution in [3.63, 3.8) is 0 Å². The topological polar surface area (TPSA) is 75.6 Å². The minimum Gasteiger partial charge on any atom is -0.486 e. The van der Waals surface area contributed by atoms with Crippen LogP contribution in [0, 0.1) is 13.8 Å². The Morgan fingerprint density at radius 1 is 1.30 bits per heavy atom. The van der Waals surface area contributed by atoms with Crippen molar-refractivity contribution in [2.24, 2.45) is 0 Å². The summed E-state index contributed by atoms with van der Waals surface area (Å²) < 4.78 is 28.8. The zero-order chi connectivity index (χ0) is 14.9. The van der Waals surface area contributed by atoms with E-state index in [1.165, 1.54) is 0 Å². The van der Waals surface area contributed by atoms with E-state index in [1.807, 2.05) is 33.0 Å². The molecule has 1 aromatic rings.